The van der Waals surface area contributed by atoms with E-state index in [0.717, 1.165) is 38.1 Å². The number of carbonyl (C=O) groups is 2. The molecule has 3 rings (SSSR count). The second kappa shape index (κ2) is 9.75. The van der Waals surface area contributed by atoms with Crippen LogP contribution < -0.4 is 10.6 Å². The zero-order chi connectivity index (χ0) is 21.6. The summed E-state index contributed by atoms with van der Waals surface area (Å²) < 4.78 is 38.8. The van der Waals surface area contributed by atoms with Crippen LogP contribution in [0.2, 0.25) is 0 Å². The number of anilines is 1. The van der Waals surface area contributed by atoms with Crippen molar-refractivity contribution in [1.29, 1.82) is 0 Å². The number of amides is 2. The first kappa shape index (κ1) is 21.8. The van der Waals surface area contributed by atoms with Crippen molar-refractivity contribution in [2.45, 2.75) is 31.5 Å². The number of benzene rings is 2. The van der Waals surface area contributed by atoms with Crippen LogP contribution in [-0.2, 0) is 15.8 Å². The first-order valence-electron chi connectivity index (χ1n) is 9.89. The summed E-state index contributed by atoms with van der Waals surface area (Å²) in [6.45, 7) is 1.80. The second-order valence-electron chi connectivity index (χ2n) is 7.20. The Bertz CT molecular complexity index is 865. The zero-order valence-electron chi connectivity index (χ0n) is 16.4. The number of alkyl halides is 3. The van der Waals surface area contributed by atoms with Crippen LogP contribution in [0.1, 0.15) is 36.4 Å². The van der Waals surface area contributed by atoms with Crippen LogP contribution >= 0.6 is 0 Å². The molecule has 2 aromatic carbocycles. The van der Waals surface area contributed by atoms with Gasteiger partial charge in [0.15, 0.2) is 0 Å². The van der Waals surface area contributed by atoms with Gasteiger partial charge >= 0.3 is 6.18 Å². The number of hydrogen-bond acceptors (Lipinski definition) is 3. The van der Waals surface area contributed by atoms with E-state index >= 15 is 0 Å². The van der Waals surface area contributed by atoms with Gasteiger partial charge in [-0.1, -0.05) is 36.4 Å². The molecule has 1 saturated heterocycles. The zero-order valence-corrected chi connectivity index (χ0v) is 16.4. The number of nitrogens with zero attached hydrogens (tertiary/aromatic N) is 1. The van der Waals surface area contributed by atoms with Crippen molar-refractivity contribution in [2.75, 3.05) is 25.0 Å². The van der Waals surface area contributed by atoms with E-state index < -0.39 is 23.7 Å². The molecule has 0 aliphatic carbocycles. The number of rotatable bonds is 7. The molecule has 0 aromatic heterocycles. The minimum atomic E-state index is -4.49. The molecule has 2 N–H and O–H groups in total. The van der Waals surface area contributed by atoms with Gasteiger partial charge in [0.05, 0.1) is 5.56 Å². The van der Waals surface area contributed by atoms with Gasteiger partial charge in [-0.05, 0) is 36.6 Å². The molecule has 8 heteroatoms. The number of hydrogen-bond donors (Lipinski definition) is 2. The summed E-state index contributed by atoms with van der Waals surface area (Å²) in [7, 11) is 0. The maximum absolute atomic E-state index is 12.9. The molecular formula is C22H24F3N3O2. The Morgan fingerprint density at radius 1 is 1.00 bits per heavy atom. The van der Waals surface area contributed by atoms with Crippen molar-refractivity contribution in [3.8, 4) is 0 Å². The van der Waals surface area contributed by atoms with Crippen molar-refractivity contribution in [3.05, 3.63) is 65.7 Å². The molecule has 2 amide bonds. The number of carbonyl (C=O) groups excluding carboxylic acids is 2. The molecule has 0 bridgehead atoms. The minimum absolute atomic E-state index is 0.0325. The third-order valence-corrected chi connectivity index (χ3v) is 5.00. The quantitative estimate of drug-likeness (QED) is 0.714. The van der Waals surface area contributed by atoms with Crippen molar-refractivity contribution in [2.24, 2.45) is 0 Å². The Hall–Kier alpha value is -2.87. The highest BCUT2D eigenvalue weighted by atomic mass is 19.4. The van der Waals surface area contributed by atoms with Gasteiger partial charge in [-0.25, -0.2) is 0 Å². The molecule has 0 unspecified atom stereocenters. The van der Waals surface area contributed by atoms with Gasteiger partial charge in [0.2, 0.25) is 11.8 Å². The average molecular weight is 419 g/mol. The lowest BCUT2D eigenvalue weighted by Gasteiger charge is -2.20. The van der Waals surface area contributed by atoms with Gasteiger partial charge in [-0.3, -0.25) is 9.59 Å². The fraction of sp³-hybridized carbons (Fsp3) is 0.364. The van der Waals surface area contributed by atoms with Crippen LogP contribution in [0.5, 0.6) is 0 Å². The normalized spacial score (nSPS) is 15.1. The van der Waals surface area contributed by atoms with Crippen molar-refractivity contribution in [3.63, 3.8) is 0 Å². The maximum atomic E-state index is 12.9. The van der Waals surface area contributed by atoms with Gasteiger partial charge in [-0.2, -0.15) is 13.2 Å². The number of halogens is 3. The fourth-order valence-corrected chi connectivity index (χ4v) is 3.44. The predicted octanol–water partition coefficient (Wildman–Crippen LogP) is 3.99. The van der Waals surface area contributed by atoms with Gasteiger partial charge in [0.25, 0.3) is 0 Å². The van der Waals surface area contributed by atoms with Gasteiger partial charge in [0, 0.05) is 31.7 Å². The summed E-state index contributed by atoms with van der Waals surface area (Å²) in [6.07, 6.45) is -2.23. The van der Waals surface area contributed by atoms with E-state index in [0.29, 0.717) is 5.56 Å². The Balaban J connectivity index is 1.67. The lowest BCUT2D eigenvalue weighted by molar-refractivity contribution is -0.137. The molecule has 30 heavy (non-hydrogen) atoms. The second-order valence-corrected chi connectivity index (χ2v) is 7.20. The summed E-state index contributed by atoms with van der Waals surface area (Å²) in [5, 5.41) is 5.62. The van der Waals surface area contributed by atoms with E-state index in [9.17, 15) is 22.8 Å². The topological polar surface area (TPSA) is 61.4 Å². The highest BCUT2D eigenvalue weighted by Crippen LogP contribution is 2.31. The molecular weight excluding hydrogens is 395 g/mol. The van der Waals surface area contributed by atoms with Crippen LogP contribution in [0.15, 0.2) is 54.6 Å². The Kier molecular flexibility index (Phi) is 7.10. The molecule has 0 saturated carbocycles. The highest BCUT2D eigenvalue weighted by molar-refractivity contribution is 5.95. The maximum Gasteiger partial charge on any atom is 0.416 e. The molecule has 1 fully saturated rings. The first-order valence-corrected chi connectivity index (χ1v) is 9.89. The smallest absolute Gasteiger partial charge is 0.343 e. The van der Waals surface area contributed by atoms with Crippen LogP contribution in [0.4, 0.5) is 18.9 Å². The number of nitrogens with one attached hydrogen (secondary N) is 2. The van der Waals surface area contributed by atoms with Crippen LogP contribution in [0.3, 0.4) is 0 Å². The standard InChI is InChI=1S/C22H24F3N3O2/c23-22(24,25)17-9-6-10-18(15-17)27-21(30)20(16-7-2-1-3-8-16)26-12-11-19(29)28-13-4-5-14-28/h1-3,6-10,15,20,26H,4-5,11-14H2,(H,27,30)/t20-/m1/s1. The molecule has 1 aliphatic rings. The van der Waals surface area contributed by atoms with E-state index in [1.54, 1.807) is 24.3 Å². The Morgan fingerprint density at radius 3 is 2.37 bits per heavy atom. The van der Waals surface area contributed by atoms with Crippen LogP contribution in [0, 0.1) is 0 Å². The van der Waals surface area contributed by atoms with Gasteiger partial charge in [0.1, 0.15) is 6.04 Å². The monoisotopic (exact) mass is 419 g/mol. The molecule has 2 aromatic rings. The summed E-state index contributed by atoms with van der Waals surface area (Å²) in [5.74, 6) is -0.459. The third kappa shape index (κ3) is 5.82. The summed E-state index contributed by atoms with van der Waals surface area (Å²) >= 11 is 0. The van der Waals surface area contributed by atoms with E-state index in [4.69, 9.17) is 0 Å². The van der Waals surface area contributed by atoms with Crippen molar-refractivity contribution >= 4 is 17.5 Å². The molecule has 160 valence electrons. The van der Waals surface area contributed by atoms with E-state index in [-0.39, 0.29) is 24.6 Å². The summed E-state index contributed by atoms with van der Waals surface area (Å²) in [5.41, 5.74) is -0.109. The molecule has 0 radical (unpaired) electrons. The molecule has 5 nitrogen and oxygen atoms in total. The summed E-state index contributed by atoms with van der Waals surface area (Å²) in [6, 6.07) is 12.6. The summed E-state index contributed by atoms with van der Waals surface area (Å²) in [4.78, 5) is 26.9. The van der Waals surface area contributed by atoms with Gasteiger partial charge in [-0.15, -0.1) is 0 Å². The Morgan fingerprint density at radius 2 is 1.70 bits per heavy atom. The average Bonchev–Trinajstić information content (AvgIpc) is 3.26. The van der Waals surface area contributed by atoms with Crippen molar-refractivity contribution in [1.82, 2.24) is 10.2 Å². The van der Waals surface area contributed by atoms with E-state index in [1.807, 2.05) is 11.0 Å². The number of likely N-dealkylation sites (tertiary alicyclic amines) is 1. The Labute approximate surface area is 173 Å². The lowest BCUT2D eigenvalue weighted by Crippen LogP contribution is -2.36. The largest absolute Gasteiger partial charge is 0.416 e. The van der Waals surface area contributed by atoms with Crippen LogP contribution in [-0.4, -0.2) is 36.3 Å². The van der Waals surface area contributed by atoms with Crippen molar-refractivity contribution < 1.29 is 22.8 Å². The predicted molar refractivity (Wildman–Crippen MR) is 108 cm³/mol. The van der Waals surface area contributed by atoms with Gasteiger partial charge < -0.3 is 15.5 Å². The molecule has 1 heterocycles. The van der Waals surface area contributed by atoms with Crippen LogP contribution in [0.25, 0.3) is 0 Å². The minimum Gasteiger partial charge on any atom is -0.343 e. The first-order chi connectivity index (χ1) is 14.3. The molecule has 1 atom stereocenters. The fourth-order valence-electron chi connectivity index (χ4n) is 3.44. The molecule has 1 aliphatic heterocycles. The third-order valence-electron chi connectivity index (χ3n) is 5.00. The lowest BCUT2D eigenvalue weighted by atomic mass is 10.1. The van der Waals surface area contributed by atoms with E-state index in [2.05, 4.69) is 10.6 Å². The SMILES string of the molecule is O=C(Nc1cccc(C(F)(F)F)c1)[C@H](NCCC(=O)N1CCCC1)c1ccccc1. The van der Waals surface area contributed by atoms with E-state index in [1.165, 1.54) is 12.1 Å². The molecule has 0 spiro atoms. The highest BCUT2D eigenvalue weighted by Gasteiger charge is 2.31.